The van der Waals surface area contributed by atoms with Gasteiger partial charge in [-0.15, -0.1) is 0 Å². The van der Waals surface area contributed by atoms with Gasteiger partial charge in [0.1, 0.15) is 0 Å². The number of sulfonamides is 1. The van der Waals surface area contributed by atoms with Crippen LogP contribution in [0, 0.1) is 6.92 Å². The van der Waals surface area contributed by atoms with E-state index in [0.717, 1.165) is 11.1 Å². The molecule has 1 aliphatic heterocycles. The molecule has 31 heavy (non-hydrogen) atoms. The van der Waals surface area contributed by atoms with E-state index in [1.807, 2.05) is 24.3 Å². The Kier molecular flexibility index (Phi) is 6.01. The summed E-state index contributed by atoms with van der Waals surface area (Å²) in [5.74, 6) is -0.813. The molecule has 0 spiro atoms. The summed E-state index contributed by atoms with van der Waals surface area (Å²) in [4.78, 5) is 12.3. The predicted molar refractivity (Wildman–Crippen MR) is 121 cm³/mol. The highest BCUT2D eigenvalue weighted by molar-refractivity contribution is 7.91. The number of benzene rings is 2. The van der Waals surface area contributed by atoms with Gasteiger partial charge in [0.05, 0.1) is 0 Å². The van der Waals surface area contributed by atoms with Gasteiger partial charge in [0.25, 0.3) is 5.91 Å². The molecule has 2 aromatic rings. The van der Waals surface area contributed by atoms with Gasteiger partial charge in [-0.2, -0.15) is 4.31 Å². The van der Waals surface area contributed by atoms with Crippen molar-refractivity contribution in [3.05, 3.63) is 65.7 Å². The third kappa shape index (κ3) is 3.82. The Labute approximate surface area is 183 Å². The zero-order valence-corrected chi connectivity index (χ0v) is 18.5. The second-order valence-electron chi connectivity index (χ2n) is 8.38. The second kappa shape index (κ2) is 8.57. The fourth-order valence-electron chi connectivity index (χ4n) is 4.83. The number of hydrogen-bond acceptors (Lipinski definition) is 4. The molecule has 1 aliphatic carbocycles. The Hall–Kier alpha value is -2.48. The topological polar surface area (TPSA) is 86.7 Å². The quantitative estimate of drug-likeness (QED) is 0.545. The first-order chi connectivity index (χ1) is 14.9. The molecule has 164 valence electrons. The van der Waals surface area contributed by atoms with Gasteiger partial charge in [-0.25, -0.2) is 13.9 Å². The molecule has 0 unspecified atom stereocenters. The SMILES string of the molecule is Cc1cc(C2=CCN(S(=O)(=O)C3(C(=O)NO)CCCC3)CC2)ccc1-c1ccccc1. The molecule has 2 N–H and O–H groups in total. The summed E-state index contributed by atoms with van der Waals surface area (Å²) in [6.45, 7) is 2.65. The lowest BCUT2D eigenvalue weighted by molar-refractivity contribution is -0.131. The average Bonchev–Trinajstić information content (AvgIpc) is 3.31. The van der Waals surface area contributed by atoms with E-state index in [1.54, 1.807) is 5.48 Å². The van der Waals surface area contributed by atoms with Crippen molar-refractivity contribution in [1.29, 1.82) is 0 Å². The number of amides is 1. The molecule has 1 saturated carbocycles. The maximum Gasteiger partial charge on any atom is 0.266 e. The molecule has 6 nitrogen and oxygen atoms in total. The number of hydrogen-bond donors (Lipinski definition) is 2. The first-order valence-electron chi connectivity index (χ1n) is 10.7. The normalized spacial score (nSPS) is 19.1. The molecule has 1 fully saturated rings. The predicted octanol–water partition coefficient (Wildman–Crippen LogP) is 3.90. The molecule has 1 amide bonds. The Bertz CT molecular complexity index is 1100. The Morgan fingerprint density at radius 2 is 1.77 bits per heavy atom. The van der Waals surface area contributed by atoms with E-state index >= 15 is 0 Å². The number of aryl methyl sites for hydroxylation is 1. The number of carbonyl (C=O) groups excluding carboxylic acids is 1. The maximum absolute atomic E-state index is 13.3. The van der Waals surface area contributed by atoms with Crippen LogP contribution in [-0.2, 0) is 14.8 Å². The largest absolute Gasteiger partial charge is 0.289 e. The lowest BCUT2D eigenvalue weighted by atomic mass is 9.94. The fourth-order valence-corrected chi connectivity index (χ4v) is 7.01. The number of nitrogens with zero attached hydrogens (tertiary/aromatic N) is 1. The van der Waals surface area contributed by atoms with Crippen LogP contribution in [-0.4, -0.2) is 41.7 Å². The van der Waals surface area contributed by atoms with E-state index in [1.165, 1.54) is 21.0 Å². The van der Waals surface area contributed by atoms with Crippen LogP contribution in [0.1, 0.15) is 43.2 Å². The summed E-state index contributed by atoms with van der Waals surface area (Å²) < 4.78 is 26.5. The van der Waals surface area contributed by atoms with Gasteiger partial charge < -0.3 is 0 Å². The van der Waals surface area contributed by atoms with Crippen molar-refractivity contribution >= 4 is 21.5 Å². The van der Waals surface area contributed by atoms with Crippen molar-refractivity contribution in [2.24, 2.45) is 0 Å². The van der Waals surface area contributed by atoms with Crippen molar-refractivity contribution in [2.75, 3.05) is 13.1 Å². The van der Waals surface area contributed by atoms with Crippen molar-refractivity contribution in [3.63, 3.8) is 0 Å². The van der Waals surface area contributed by atoms with Crippen molar-refractivity contribution in [2.45, 2.75) is 43.8 Å². The summed E-state index contributed by atoms with van der Waals surface area (Å²) in [6, 6.07) is 16.6. The van der Waals surface area contributed by atoms with Gasteiger partial charge in [0.2, 0.25) is 10.0 Å². The van der Waals surface area contributed by atoms with E-state index in [4.69, 9.17) is 5.21 Å². The Morgan fingerprint density at radius 1 is 1.06 bits per heavy atom. The van der Waals surface area contributed by atoms with E-state index < -0.39 is 20.7 Å². The highest BCUT2D eigenvalue weighted by Gasteiger charge is 2.54. The fraction of sp³-hybridized carbons (Fsp3) is 0.375. The highest BCUT2D eigenvalue weighted by atomic mass is 32.2. The summed E-state index contributed by atoms with van der Waals surface area (Å²) in [7, 11) is -3.87. The van der Waals surface area contributed by atoms with Crippen LogP contribution in [0.2, 0.25) is 0 Å². The molecule has 0 atom stereocenters. The summed E-state index contributed by atoms with van der Waals surface area (Å²) >= 11 is 0. The molecule has 0 saturated heterocycles. The van der Waals surface area contributed by atoms with Gasteiger partial charge in [-0.3, -0.25) is 10.0 Å². The Morgan fingerprint density at radius 3 is 2.35 bits per heavy atom. The summed E-state index contributed by atoms with van der Waals surface area (Å²) in [5.41, 5.74) is 7.33. The van der Waals surface area contributed by atoms with Crippen LogP contribution in [0.3, 0.4) is 0 Å². The first-order valence-corrected chi connectivity index (χ1v) is 12.1. The second-order valence-corrected chi connectivity index (χ2v) is 10.6. The van der Waals surface area contributed by atoms with Gasteiger partial charge in [0, 0.05) is 13.1 Å². The van der Waals surface area contributed by atoms with Crippen LogP contribution in [0.5, 0.6) is 0 Å². The van der Waals surface area contributed by atoms with Crippen LogP contribution in [0.25, 0.3) is 16.7 Å². The standard InChI is InChI=1S/C24H28N2O4S/c1-18-17-21(9-10-22(18)20-7-3-2-4-8-20)19-11-15-26(16-12-19)31(29,30)24(23(27)25-28)13-5-6-14-24/h2-4,7-11,17,28H,5-6,12-16H2,1H3,(H,25,27). The van der Waals surface area contributed by atoms with E-state index in [2.05, 4.69) is 37.3 Å². The van der Waals surface area contributed by atoms with Gasteiger partial charge >= 0.3 is 0 Å². The maximum atomic E-state index is 13.3. The molecule has 2 aromatic carbocycles. The van der Waals surface area contributed by atoms with Crippen molar-refractivity contribution in [1.82, 2.24) is 9.79 Å². The number of carbonyl (C=O) groups is 1. The molecular formula is C24H28N2O4S. The molecule has 0 bridgehead atoms. The zero-order chi connectivity index (χ0) is 22.1. The monoisotopic (exact) mass is 440 g/mol. The summed E-state index contributed by atoms with van der Waals surface area (Å²) in [5, 5.41) is 9.15. The minimum absolute atomic E-state index is 0.234. The molecule has 1 heterocycles. The minimum atomic E-state index is -3.87. The van der Waals surface area contributed by atoms with Crippen LogP contribution < -0.4 is 5.48 Å². The lowest BCUT2D eigenvalue weighted by Crippen LogP contribution is -2.56. The number of nitrogens with one attached hydrogen (secondary N) is 1. The molecular weight excluding hydrogens is 412 g/mol. The van der Waals surface area contributed by atoms with E-state index in [9.17, 15) is 13.2 Å². The van der Waals surface area contributed by atoms with E-state index in [-0.39, 0.29) is 19.4 Å². The highest BCUT2D eigenvalue weighted by Crippen LogP contribution is 2.40. The van der Waals surface area contributed by atoms with Crippen molar-refractivity contribution < 1.29 is 18.4 Å². The third-order valence-electron chi connectivity index (χ3n) is 6.61. The molecule has 4 rings (SSSR count). The van der Waals surface area contributed by atoms with Gasteiger partial charge in [-0.05, 0) is 54.0 Å². The van der Waals surface area contributed by atoms with Crippen LogP contribution in [0.4, 0.5) is 0 Å². The van der Waals surface area contributed by atoms with Crippen LogP contribution in [0.15, 0.2) is 54.6 Å². The van der Waals surface area contributed by atoms with Gasteiger partial charge in [0.15, 0.2) is 4.75 Å². The Balaban J connectivity index is 1.56. The molecule has 0 aromatic heterocycles. The zero-order valence-electron chi connectivity index (χ0n) is 17.7. The molecule has 2 aliphatic rings. The average molecular weight is 441 g/mol. The van der Waals surface area contributed by atoms with E-state index in [0.29, 0.717) is 25.8 Å². The molecule has 7 heteroatoms. The van der Waals surface area contributed by atoms with Gasteiger partial charge in [-0.1, -0.05) is 67.4 Å². The first kappa shape index (κ1) is 21.7. The minimum Gasteiger partial charge on any atom is -0.289 e. The van der Waals surface area contributed by atoms with Crippen LogP contribution >= 0.6 is 0 Å². The number of hydroxylamine groups is 1. The molecule has 0 radical (unpaired) electrons. The number of rotatable bonds is 5. The van der Waals surface area contributed by atoms with Crippen molar-refractivity contribution in [3.8, 4) is 11.1 Å². The smallest absolute Gasteiger partial charge is 0.266 e. The summed E-state index contributed by atoms with van der Waals surface area (Å²) in [6.07, 6.45) is 4.34. The lowest BCUT2D eigenvalue weighted by Gasteiger charge is -2.34. The third-order valence-corrected chi connectivity index (χ3v) is 9.21.